The van der Waals surface area contributed by atoms with Crippen LogP contribution in [0.1, 0.15) is 31.6 Å². The summed E-state index contributed by atoms with van der Waals surface area (Å²) in [6.45, 7) is 4.26. The van der Waals surface area contributed by atoms with Crippen LogP contribution in [0, 0.1) is 30.5 Å². The van der Waals surface area contributed by atoms with Crippen molar-refractivity contribution in [1.82, 2.24) is 20.2 Å². The Labute approximate surface area is 191 Å². The molecule has 1 aliphatic carbocycles. The lowest BCUT2D eigenvalue weighted by molar-refractivity contribution is 0.278. The van der Waals surface area contributed by atoms with Gasteiger partial charge in [-0.15, -0.1) is 10.2 Å². The summed E-state index contributed by atoms with van der Waals surface area (Å²) in [4.78, 5) is 10.9. The number of hydrogen-bond acceptors (Lipinski definition) is 7. The van der Waals surface area contributed by atoms with Crippen molar-refractivity contribution in [3.8, 4) is 17.2 Å². The predicted molar refractivity (Wildman–Crippen MR) is 118 cm³/mol. The number of halogens is 2. The summed E-state index contributed by atoms with van der Waals surface area (Å²) in [6.07, 6.45) is 8.01. The van der Waals surface area contributed by atoms with E-state index in [1.807, 2.05) is 0 Å². The Bertz CT molecular complexity index is 1070. The monoisotopic (exact) mass is 457 g/mol. The number of anilines is 1. The molecular formula is C23H25ClFN5O2. The highest BCUT2D eigenvalue weighted by molar-refractivity contribution is 6.30. The van der Waals surface area contributed by atoms with Crippen molar-refractivity contribution in [3.05, 3.63) is 47.3 Å². The minimum atomic E-state index is -0.421. The van der Waals surface area contributed by atoms with Crippen molar-refractivity contribution in [1.29, 1.82) is 0 Å². The normalized spacial score (nSPS) is 21.0. The highest BCUT2D eigenvalue weighted by atomic mass is 35.5. The fourth-order valence-electron chi connectivity index (χ4n) is 4.44. The summed E-state index contributed by atoms with van der Waals surface area (Å²) in [5.41, 5.74) is 0.289. The van der Waals surface area contributed by atoms with Crippen LogP contribution in [-0.4, -0.2) is 39.9 Å². The van der Waals surface area contributed by atoms with Crippen LogP contribution in [0.15, 0.2) is 35.0 Å². The molecule has 2 aliphatic rings. The van der Waals surface area contributed by atoms with Crippen molar-refractivity contribution in [2.75, 3.05) is 24.6 Å². The van der Waals surface area contributed by atoms with E-state index >= 15 is 0 Å². The predicted octanol–water partition coefficient (Wildman–Crippen LogP) is 4.95. The van der Waals surface area contributed by atoms with E-state index in [4.69, 9.17) is 20.8 Å². The number of rotatable bonds is 7. The SMILES string of the molecule is Cc1nnc(-c2ccc(OCC3CC3CC3CCN(c4ncc(Cl)cn4)CC3)cc2F)o1. The quantitative estimate of drug-likeness (QED) is 0.496. The van der Waals surface area contributed by atoms with Crippen molar-refractivity contribution in [3.63, 3.8) is 0 Å². The molecule has 2 aromatic heterocycles. The van der Waals surface area contributed by atoms with Crippen LogP contribution in [0.2, 0.25) is 5.02 Å². The lowest BCUT2D eigenvalue weighted by Gasteiger charge is -2.32. The molecule has 5 rings (SSSR count). The largest absolute Gasteiger partial charge is 0.493 e. The molecule has 0 N–H and O–H groups in total. The molecule has 3 heterocycles. The molecule has 0 radical (unpaired) electrons. The van der Waals surface area contributed by atoms with Gasteiger partial charge in [-0.05, 0) is 55.6 Å². The van der Waals surface area contributed by atoms with Crippen LogP contribution < -0.4 is 9.64 Å². The van der Waals surface area contributed by atoms with Crippen LogP contribution >= 0.6 is 11.6 Å². The standard InChI is InChI=1S/C23H25ClFN5O2/c1-14-28-29-22(32-14)20-3-2-19(10-21(20)25)31-13-17-9-16(17)8-15-4-6-30(7-5-15)23-26-11-18(24)12-27-23/h2-3,10-12,15-17H,4-9,13H2,1H3. The third-order valence-corrected chi connectivity index (χ3v) is 6.57. The van der Waals surface area contributed by atoms with Crippen LogP contribution in [0.5, 0.6) is 5.75 Å². The molecule has 1 aliphatic heterocycles. The topological polar surface area (TPSA) is 77.2 Å². The zero-order chi connectivity index (χ0) is 22.1. The van der Waals surface area contributed by atoms with Crippen molar-refractivity contribution >= 4 is 17.5 Å². The molecule has 2 unspecified atom stereocenters. The molecule has 0 spiro atoms. The van der Waals surface area contributed by atoms with E-state index in [0.717, 1.165) is 37.8 Å². The number of aromatic nitrogens is 4. The van der Waals surface area contributed by atoms with Gasteiger partial charge in [-0.3, -0.25) is 0 Å². The smallest absolute Gasteiger partial charge is 0.250 e. The van der Waals surface area contributed by atoms with Gasteiger partial charge in [0.1, 0.15) is 11.6 Å². The van der Waals surface area contributed by atoms with Crippen LogP contribution in [0.25, 0.3) is 11.5 Å². The summed E-state index contributed by atoms with van der Waals surface area (Å²) >= 11 is 5.88. The molecule has 32 heavy (non-hydrogen) atoms. The maximum atomic E-state index is 14.4. The molecule has 2 fully saturated rings. The maximum absolute atomic E-state index is 14.4. The Morgan fingerprint density at radius 2 is 1.94 bits per heavy atom. The fourth-order valence-corrected chi connectivity index (χ4v) is 4.53. The van der Waals surface area contributed by atoms with Gasteiger partial charge >= 0.3 is 0 Å². The van der Waals surface area contributed by atoms with E-state index in [1.165, 1.54) is 18.9 Å². The van der Waals surface area contributed by atoms with E-state index in [2.05, 4.69) is 25.1 Å². The first-order chi connectivity index (χ1) is 15.5. The third kappa shape index (κ3) is 4.85. The second kappa shape index (κ2) is 9.02. The molecule has 1 saturated carbocycles. The van der Waals surface area contributed by atoms with Crippen molar-refractivity contribution < 1.29 is 13.5 Å². The maximum Gasteiger partial charge on any atom is 0.250 e. The number of benzene rings is 1. The Balaban J connectivity index is 1.06. The number of nitrogens with zero attached hydrogens (tertiary/aromatic N) is 5. The molecule has 2 atom stereocenters. The highest BCUT2D eigenvalue weighted by Crippen LogP contribution is 2.45. The van der Waals surface area contributed by atoms with Gasteiger partial charge in [0.25, 0.3) is 5.89 Å². The van der Waals surface area contributed by atoms with Crippen LogP contribution in [0.4, 0.5) is 10.3 Å². The molecule has 3 aromatic rings. The van der Waals surface area contributed by atoms with E-state index in [9.17, 15) is 4.39 Å². The third-order valence-electron chi connectivity index (χ3n) is 6.37. The van der Waals surface area contributed by atoms with Crippen LogP contribution in [0.3, 0.4) is 0 Å². The number of piperidine rings is 1. The second-order valence-corrected chi connectivity index (χ2v) is 9.14. The Morgan fingerprint density at radius 1 is 1.16 bits per heavy atom. The molecule has 1 aromatic carbocycles. The van der Waals surface area contributed by atoms with Gasteiger partial charge in [0.05, 0.1) is 29.6 Å². The molecule has 7 nitrogen and oxygen atoms in total. The second-order valence-electron chi connectivity index (χ2n) is 8.70. The first-order valence-corrected chi connectivity index (χ1v) is 11.4. The lowest BCUT2D eigenvalue weighted by atomic mass is 9.91. The first-order valence-electron chi connectivity index (χ1n) is 11.0. The lowest BCUT2D eigenvalue weighted by Crippen LogP contribution is -2.35. The minimum Gasteiger partial charge on any atom is -0.493 e. The van der Waals surface area contributed by atoms with Crippen molar-refractivity contribution in [2.45, 2.75) is 32.6 Å². The highest BCUT2D eigenvalue weighted by Gasteiger charge is 2.39. The molecule has 9 heteroatoms. The van der Waals surface area contributed by atoms with Gasteiger partial charge in [0, 0.05) is 26.1 Å². The van der Waals surface area contributed by atoms with E-state index in [1.54, 1.807) is 31.5 Å². The van der Waals surface area contributed by atoms with Gasteiger partial charge in [-0.25, -0.2) is 14.4 Å². The van der Waals surface area contributed by atoms with Gasteiger partial charge in [0.15, 0.2) is 0 Å². The summed E-state index contributed by atoms with van der Waals surface area (Å²) in [5.74, 6) is 3.43. The summed E-state index contributed by atoms with van der Waals surface area (Å²) in [7, 11) is 0. The molecule has 0 amide bonds. The van der Waals surface area contributed by atoms with E-state index in [-0.39, 0.29) is 11.5 Å². The molecule has 168 valence electrons. The number of hydrogen-bond donors (Lipinski definition) is 0. The van der Waals surface area contributed by atoms with E-state index in [0.29, 0.717) is 35.1 Å². The summed E-state index contributed by atoms with van der Waals surface area (Å²) in [5, 5.41) is 8.17. The average Bonchev–Trinajstić information content (AvgIpc) is 3.39. The zero-order valence-electron chi connectivity index (χ0n) is 17.9. The molecule has 0 bridgehead atoms. The van der Waals surface area contributed by atoms with Gasteiger partial charge < -0.3 is 14.1 Å². The molecule has 1 saturated heterocycles. The Hall–Kier alpha value is -2.74. The first kappa shape index (κ1) is 21.1. The van der Waals surface area contributed by atoms with Crippen LogP contribution in [-0.2, 0) is 0 Å². The average molecular weight is 458 g/mol. The zero-order valence-corrected chi connectivity index (χ0v) is 18.6. The molecular weight excluding hydrogens is 433 g/mol. The Kier molecular flexibility index (Phi) is 5.95. The summed E-state index contributed by atoms with van der Waals surface area (Å²) < 4.78 is 25.6. The van der Waals surface area contributed by atoms with Gasteiger partial charge in [-0.1, -0.05) is 11.6 Å². The minimum absolute atomic E-state index is 0.183. The van der Waals surface area contributed by atoms with E-state index < -0.39 is 5.82 Å². The van der Waals surface area contributed by atoms with Gasteiger partial charge in [-0.2, -0.15) is 0 Å². The fraction of sp³-hybridized carbons (Fsp3) is 0.478. The number of ether oxygens (including phenoxy) is 1. The van der Waals surface area contributed by atoms with Crippen molar-refractivity contribution in [2.24, 2.45) is 17.8 Å². The number of aryl methyl sites for hydroxylation is 1. The Morgan fingerprint density at radius 3 is 2.62 bits per heavy atom. The summed E-state index contributed by atoms with van der Waals surface area (Å²) in [6, 6.07) is 4.77. The van der Waals surface area contributed by atoms with Gasteiger partial charge in [0.2, 0.25) is 11.8 Å².